The first-order valence-electron chi connectivity index (χ1n) is 4.12. The number of ether oxygens (including phenoxy) is 1. The molecule has 1 heterocycles. The Hall–Kier alpha value is -0.160. The van der Waals surface area contributed by atoms with Crippen LogP contribution in [0.1, 0.15) is 27.2 Å². The summed E-state index contributed by atoms with van der Waals surface area (Å²) in [4.78, 5) is 0. The van der Waals surface area contributed by atoms with Crippen molar-refractivity contribution in [2.45, 2.75) is 50.8 Å². The van der Waals surface area contributed by atoms with Crippen LogP contribution in [0.4, 0.5) is 0 Å². The molecule has 72 valence electrons. The molecule has 1 fully saturated rings. The van der Waals surface area contributed by atoms with Crippen LogP contribution in [0.5, 0.6) is 0 Å². The van der Waals surface area contributed by atoms with E-state index in [-0.39, 0.29) is 6.42 Å². The van der Waals surface area contributed by atoms with Crippen LogP contribution in [0.15, 0.2) is 0 Å². The summed E-state index contributed by atoms with van der Waals surface area (Å²) < 4.78 is 5.17. The van der Waals surface area contributed by atoms with Crippen LogP contribution in [-0.2, 0) is 4.74 Å². The van der Waals surface area contributed by atoms with Gasteiger partial charge in [0.2, 0.25) is 0 Å². The van der Waals surface area contributed by atoms with E-state index in [0.29, 0.717) is 0 Å². The van der Waals surface area contributed by atoms with Crippen molar-refractivity contribution >= 4 is 0 Å². The molecule has 0 aromatic heterocycles. The first kappa shape index (κ1) is 9.92. The molecule has 3 N–H and O–H groups in total. The van der Waals surface area contributed by atoms with Crippen molar-refractivity contribution in [1.29, 1.82) is 0 Å². The van der Waals surface area contributed by atoms with Gasteiger partial charge in [-0.3, -0.25) is 0 Å². The van der Waals surface area contributed by atoms with Crippen molar-refractivity contribution in [2.75, 3.05) is 0 Å². The van der Waals surface area contributed by atoms with Gasteiger partial charge < -0.3 is 20.1 Å². The van der Waals surface area contributed by atoms with E-state index in [9.17, 15) is 15.3 Å². The predicted octanol–water partition coefficient (Wildman–Crippen LogP) is -0.384. The van der Waals surface area contributed by atoms with E-state index >= 15 is 0 Å². The molecule has 1 aliphatic rings. The Morgan fingerprint density at radius 2 is 1.75 bits per heavy atom. The van der Waals surface area contributed by atoms with E-state index in [0.717, 1.165) is 0 Å². The zero-order chi connectivity index (χ0) is 9.57. The van der Waals surface area contributed by atoms with Crippen LogP contribution < -0.4 is 0 Å². The normalized spacial score (nSPS) is 46.5. The van der Waals surface area contributed by atoms with Gasteiger partial charge in [-0.25, -0.2) is 0 Å². The summed E-state index contributed by atoms with van der Waals surface area (Å²) in [6.45, 7) is 4.96. The summed E-state index contributed by atoms with van der Waals surface area (Å²) in [6, 6.07) is 0. The van der Waals surface area contributed by atoms with Gasteiger partial charge in [-0.2, -0.15) is 0 Å². The molecule has 0 saturated carbocycles. The Kier molecular flexibility index (Phi) is 2.21. The Labute approximate surface area is 71.8 Å². The maximum atomic E-state index is 9.64. The summed E-state index contributed by atoms with van der Waals surface area (Å²) in [7, 11) is 0. The van der Waals surface area contributed by atoms with E-state index in [1.807, 2.05) is 0 Å². The van der Waals surface area contributed by atoms with E-state index in [1.165, 1.54) is 0 Å². The average Bonchev–Trinajstić information content (AvgIpc) is 2.13. The lowest BCUT2D eigenvalue weighted by atomic mass is 9.97. The van der Waals surface area contributed by atoms with Crippen molar-refractivity contribution in [3.8, 4) is 0 Å². The van der Waals surface area contributed by atoms with Gasteiger partial charge in [0.1, 0.15) is 12.2 Å². The van der Waals surface area contributed by atoms with E-state index < -0.39 is 23.6 Å². The van der Waals surface area contributed by atoms with Gasteiger partial charge in [-0.1, -0.05) is 6.92 Å². The van der Waals surface area contributed by atoms with Crippen molar-refractivity contribution in [1.82, 2.24) is 0 Å². The summed E-state index contributed by atoms with van der Waals surface area (Å²) in [5.74, 6) is -1.59. The fourth-order valence-electron chi connectivity index (χ4n) is 1.48. The van der Waals surface area contributed by atoms with Gasteiger partial charge in [0, 0.05) is 6.42 Å². The van der Waals surface area contributed by atoms with Gasteiger partial charge in [0.25, 0.3) is 0 Å². The maximum Gasteiger partial charge on any atom is 0.195 e. The molecule has 4 heteroatoms. The number of rotatable bonds is 1. The first-order chi connectivity index (χ1) is 5.33. The van der Waals surface area contributed by atoms with E-state index in [4.69, 9.17) is 4.74 Å². The average molecular weight is 176 g/mol. The highest BCUT2D eigenvalue weighted by molar-refractivity contribution is 4.99. The lowest BCUT2D eigenvalue weighted by molar-refractivity contribution is -0.243. The van der Waals surface area contributed by atoms with Gasteiger partial charge in [0.05, 0.1) is 5.60 Å². The number of hydrogen-bond acceptors (Lipinski definition) is 4. The molecule has 3 atom stereocenters. The fraction of sp³-hybridized carbons (Fsp3) is 1.00. The molecule has 0 aromatic carbocycles. The molecular weight excluding hydrogens is 160 g/mol. The molecule has 12 heavy (non-hydrogen) atoms. The molecule has 3 unspecified atom stereocenters. The molecule has 0 aromatic rings. The molecule has 0 radical (unpaired) electrons. The Balaban J connectivity index is 2.88. The van der Waals surface area contributed by atoms with Crippen LogP contribution in [0.3, 0.4) is 0 Å². The third-order valence-electron chi connectivity index (χ3n) is 2.42. The van der Waals surface area contributed by atoms with E-state index in [1.54, 1.807) is 20.8 Å². The topological polar surface area (TPSA) is 69.9 Å². The monoisotopic (exact) mass is 176 g/mol. The summed E-state index contributed by atoms with van der Waals surface area (Å²) in [6.07, 6.45) is -2.01. The number of aliphatic hydroxyl groups excluding tert-OH is 2. The van der Waals surface area contributed by atoms with Crippen LogP contribution in [0, 0.1) is 0 Å². The van der Waals surface area contributed by atoms with Gasteiger partial charge >= 0.3 is 0 Å². The molecule has 0 amide bonds. The van der Waals surface area contributed by atoms with Crippen molar-refractivity contribution in [2.24, 2.45) is 0 Å². The van der Waals surface area contributed by atoms with Crippen LogP contribution in [0.2, 0.25) is 0 Å². The standard InChI is InChI=1S/C8H16O4/c1-4-8(11)6(10)5(9)7(2,3)12-8/h5-6,9-11H,4H2,1-3H3. The third-order valence-corrected chi connectivity index (χ3v) is 2.42. The number of aliphatic hydroxyl groups is 3. The quantitative estimate of drug-likeness (QED) is 0.509. The summed E-state index contributed by atoms with van der Waals surface area (Å²) in [5, 5.41) is 28.5. The molecule has 0 spiro atoms. The molecule has 4 nitrogen and oxygen atoms in total. The lowest BCUT2D eigenvalue weighted by Gasteiger charge is -2.25. The Bertz CT molecular complexity index is 180. The third kappa shape index (κ3) is 1.25. The maximum absolute atomic E-state index is 9.64. The van der Waals surface area contributed by atoms with Gasteiger partial charge in [0.15, 0.2) is 5.79 Å². The van der Waals surface area contributed by atoms with Crippen LogP contribution in [-0.4, -0.2) is 38.9 Å². The van der Waals surface area contributed by atoms with Crippen molar-refractivity contribution in [3.05, 3.63) is 0 Å². The van der Waals surface area contributed by atoms with Gasteiger partial charge in [-0.05, 0) is 13.8 Å². The molecular formula is C8H16O4. The zero-order valence-electron chi connectivity index (χ0n) is 7.61. The molecule has 1 rings (SSSR count). The second kappa shape index (κ2) is 2.67. The minimum absolute atomic E-state index is 0.259. The summed E-state index contributed by atoms with van der Waals surface area (Å²) >= 11 is 0. The van der Waals surface area contributed by atoms with Gasteiger partial charge in [-0.15, -0.1) is 0 Å². The van der Waals surface area contributed by atoms with Crippen LogP contribution >= 0.6 is 0 Å². The number of hydrogen-bond donors (Lipinski definition) is 3. The Morgan fingerprint density at radius 1 is 1.25 bits per heavy atom. The molecule has 0 aliphatic carbocycles. The minimum Gasteiger partial charge on any atom is -0.387 e. The first-order valence-corrected chi connectivity index (χ1v) is 4.12. The van der Waals surface area contributed by atoms with E-state index in [2.05, 4.69) is 0 Å². The van der Waals surface area contributed by atoms with Crippen molar-refractivity contribution < 1.29 is 20.1 Å². The SMILES string of the molecule is CCC1(O)OC(C)(C)C(O)C1O. The second-order valence-electron chi connectivity index (χ2n) is 3.79. The highest BCUT2D eigenvalue weighted by atomic mass is 16.7. The minimum atomic E-state index is -1.59. The smallest absolute Gasteiger partial charge is 0.195 e. The highest BCUT2D eigenvalue weighted by Crippen LogP contribution is 2.38. The lowest BCUT2D eigenvalue weighted by Crippen LogP contribution is -2.42. The fourth-order valence-corrected chi connectivity index (χ4v) is 1.48. The van der Waals surface area contributed by atoms with Crippen molar-refractivity contribution in [3.63, 3.8) is 0 Å². The molecule has 0 bridgehead atoms. The highest BCUT2D eigenvalue weighted by Gasteiger charge is 2.56. The molecule has 1 saturated heterocycles. The largest absolute Gasteiger partial charge is 0.387 e. The summed E-state index contributed by atoms with van der Waals surface area (Å²) in [5.41, 5.74) is -0.885. The Morgan fingerprint density at radius 3 is 1.92 bits per heavy atom. The molecule has 1 aliphatic heterocycles. The van der Waals surface area contributed by atoms with Crippen LogP contribution in [0.25, 0.3) is 0 Å². The second-order valence-corrected chi connectivity index (χ2v) is 3.79. The predicted molar refractivity (Wildman–Crippen MR) is 42.4 cm³/mol. The zero-order valence-corrected chi connectivity index (χ0v) is 7.61.